The number of amides is 1. The van der Waals surface area contributed by atoms with Crippen LogP contribution in [0.2, 0.25) is 0 Å². The average Bonchev–Trinajstić information content (AvgIpc) is 3.20. The zero-order chi connectivity index (χ0) is 23.1. The van der Waals surface area contributed by atoms with Crippen LogP contribution in [0.4, 0.5) is 13.2 Å². The maximum atomic E-state index is 13.3. The normalized spacial score (nSPS) is 16.5. The van der Waals surface area contributed by atoms with Crippen LogP contribution < -0.4 is 4.74 Å². The Hall–Kier alpha value is -2.85. The molecule has 2 aromatic carbocycles. The van der Waals surface area contributed by atoms with E-state index in [1.54, 1.807) is 16.2 Å². The number of hydrogen-bond donors (Lipinski definition) is 0. The average molecular weight is 482 g/mol. The Kier molecular flexibility index (Phi) is 5.76. The van der Waals surface area contributed by atoms with Crippen LogP contribution in [-0.2, 0) is 16.3 Å². The maximum absolute atomic E-state index is 13.3. The van der Waals surface area contributed by atoms with Crippen molar-refractivity contribution in [2.75, 3.05) is 12.8 Å². The minimum atomic E-state index is -4.78. The second-order valence-electron chi connectivity index (χ2n) is 7.36. The zero-order valence-corrected chi connectivity index (χ0v) is 18.4. The van der Waals surface area contributed by atoms with E-state index in [9.17, 15) is 26.4 Å². The van der Waals surface area contributed by atoms with Crippen molar-refractivity contribution in [3.63, 3.8) is 0 Å². The van der Waals surface area contributed by atoms with Crippen molar-refractivity contribution < 1.29 is 31.1 Å². The molecule has 1 aromatic heterocycles. The van der Waals surface area contributed by atoms with Crippen molar-refractivity contribution in [3.8, 4) is 5.75 Å². The summed E-state index contributed by atoms with van der Waals surface area (Å²) in [5, 5.41) is 1.92. The SMILES string of the molecule is CS(=O)(=O)c1ccc(C(=O)N2CCc3sccc3C2c2ccc(OC(F)(F)F)cc2)cc1. The van der Waals surface area contributed by atoms with Gasteiger partial charge in [0, 0.05) is 23.2 Å². The molecule has 10 heteroatoms. The van der Waals surface area contributed by atoms with E-state index in [0.717, 1.165) is 16.7 Å². The van der Waals surface area contributed by atoms with E-state index in [4.69, 9.17) is 0 Å². The number of carbonyl (C=O) groups is 1. The molecule has 3 aromatic rings. The van der Waals surface area contributed by atoms with Crippen LogP contribution in [0.25, 0.3) is 0 Å². The van der Waals surface area contributed by atoms with Crippen molar-refractivity contribution in [1.29, 1.82) is 0 Å². The lowest BCUT2D eigenvalue weighted by Crippen LogP contribution is -2.40. The standard InChI is InChI=1S/C22H18F3NO4S2/c1-32(28,29)17-8-4-15(5-9-17)21(27)26-12-10-19-18(11-13-31-19)20(26)14-2-6-16(7-3-14)30-22(23,24)25/h2-9,11,13,20H,10,12H2,1H3. The quantitative estimate of drug-likeness (QED) is 0.535. The van der Waals surface area contributed by atoms with Gasteiger partial charge in [-0.15, -0.1) is 24.5 Å². The summed E-state index contributed by atoms with van der Waals surface area (Å²) in [5.74, 6) is -0.626. The van der Waals surface area contributed by atoms with Gasteiger partial charge < -0.3 is 9.64 Å². The first-order chi connectivity index (χ1) is 15.0. The van der Waals surface area contributed by atoms with Crippen molar-refractivity contribution in [2.24, 2.45) is 0 Å². The third-order valence-corrected chi connectivity index (χ3v) is 7.31. The molecule has 1 atom stereocenters. The number of alkyl halides is 3. The topological polar surface area (TPSA) is 63.7 Å². The largest absolute Gasteiger partial charge is 0.573 e. The molecular formula is C22H18F3NO4S2. The molecule has 4 rings (SSSR count). The number of halogens is 3. The molecule has 1 unspecified atom stereocenters. The number of carbonyl (C=O) groups excluding carboxylic acids is 1. The van der Waals surface area contributed by atoms with Gasteiger partial charge in [-0.05, 0) is 65.4 Å². The fourth-order valence-corrected chi connectivity index (χ4v) is 5.29. The van der Waals surface area contributed by atoms with Crippen LogP contribution in [0, 0.1) is 0 Å². The van der Waals surface area contributed by atoms with Gasteiger partial charge in [0.25, 0.3) is 5.91 Å². The van der Waals surface area contributed by atoms with Crippen molar-refractivity contribution >= 4 is 27.1 Å². The van der Waals surface area contributed by atoms with E-state index in [0.29, 0.717) is 24.1 Å². The van der Waals surface area contributed by atoms with Gasteiger partial charge in [0.1, 0.15) is 5.75 Å². The third-order valence-electron chi connectivity index (χ3n) is 5.19. The van der Waals surface area contributed by atoms with Gasteiger partial charge in [-0.25, -0.2) is 8.42 Å². The molecule has 168 valence electrons. The maximum Gasteiger partial charge on any atom is 0.573 e. The van der Waals surface area contributed by atoms with E-state index in [1.165, 1.54) is 48.5 Å². The highest BCUT2D eigenvalue weighted by Gasteiger charge is 2.34. The predicted octanol–water partition coefficient (Wildman–Crippen LogP) is 4.84. The minimum absolute atomic E-state index is 0.115. The first kappa shape index (κ1) is 22.3. The van der Waals surface area contributed by atoms with E-state index in [2.05, 4.69) is 4.74 Å². The van der Waals surface area contributed by atoms with Gasteiger partial charge in [0.05, 0.1) is 10.9 Å². The van der Waals surface area contributed by atoms with Crippen molar-refractivity contribution in [1.82, 2.24) is 4.90 Å². The summed E-state index contributed by atoms with van der Waals surface area (Å²) in [7, 11) is -3.39. The Balaban J connectivity index is 1.68. The fourth-order valence-electron chi connectivity index (χ4n) is 3.76. The van der Waals surface area contributed by atoms with Crippen LogP contribution in [0.3, 0.4) is 0 Å². The first-order valence-corrected chi connectivity index (χ1v) is 12.3. The lowest BCUT2D eigenvalue weighted by Gasteiger charge is -2.36. The van der Waals surface area contributed by atoms with Crippen molar-refractivity contribution in [3.05, 3.63) is 81.5 Å². The van der Waals surface area contributed by atoms with E-state index >= 15 is 0 Å². The molecule has 0 bridgehead atoms. The fraction of sp³-hybridized carbons (Fsp3) is 0.227. The summed E-state index contributed by atoms with van der Waals surface area (Å²) in [6, 6.07) is 12.7. The molecule has 0 N–H and O–H groups in total. The molecule has 2 heterocycles. The van der Waals surface area contributed by atoms with E-state index < -0.39 is 22.2 Å². The summed E-state index contributed by atoms with van der Waals surface area (Å²) in [6.07, 6.45) is -3.03. The highest BCUT2D eigenvalue weighted by molar-refractivity contribution is 7.90. The van der Waals surface area contributed by atoms with Gasteiger partial charge in [0.2, 0.25) is 0 Å². The van der Waals surface area contributed by atoms with Crippen LogP contribution in [-0.4, -0.2) is 38.4 Å². The summed E-state index contributed by atoms with van der Waals surface area (Å²) >= 11 is 1.57. The smallest absolute Gasteiger partial charge is 0.406 e. The number of benzene rings is 2. The number of sulfone groups is 1. The lowest BCUT2D eigenvalue weighted by atomic mass is 9.92. The molecule has 0 radical (unpaired) electrons. The summed E-state index contributed by atoms with van der Waals surface area (Å²) in [6.45, 7) is 0.422. The molecule has 0 spiro atoms. The number of hydrogen-bond acceptors (Lipinski definition) is 5. The number of fused-ring (bicyclic) bond motifs is 1. The molecule has 1 amide bonds. The number of thiophene rings is 1. The molecular weight excluding hydrogens is 463 g/mol. The van der Waals surface area contributed by atoms with Crippen LogP contribution in [0.5, 0.6) is 5.75 Å². The number of rotatable bonds is 4. The van der Waals surface area contributed by atoms with Gasteiger partial charge in [-0.1, -0.05) is 12.1 Å². The number of ether oxygens (including phenoxy) is 1. The Morgan fingerprint density at radius 1 is 1.06 bits per heavy atom. The predicted molar refractivity (Wildman–Crippen MR) is 114 cm³/mol. The summed E-state index contributed by atoms with van der Waals surface area (Å²) in [4.78, 5) is 16.2. The van der Waals surface area contributed by atoms with E-state index in [1.807, 2.05) is 11.4 Å². The molecule has 0 saturated heterocycles. The second kappa shape index (κ2) is 8.25. The second-order valence-corrected chi connectivity index (χ2v) is 10.4. The Morgan fingerprint density at radius 3 is 2.31 bits per heavy atom. The molecule has 0 fully saturated rings. The molecule has 1 aliphatic heterocycles. The molecule has 5 nitrogen and oxygen atoms in total. The van der Waals surface area contributed by atoms with Gasteiger partial charge >= 0.3 is 6.36 Å². The summed E-state index contributed by atoms with van der Waals surface area (Å²) < 4.78 is 64.8. The highest BCUT2D eigenvalue weighted by Crippen LogP contribution is 2.39. The minimum Gasteiger partial charge on any atom is -0.406 e. The van der Waals surface area contributed by atoms with Crippen LogP contribution in [0.1, 0.15) is 32.4 Å². The highest BCUT2D eigenvalue weighted by atomic mass is 32.2. The van der Waals surface area contributed by atoms with Gasteiger partial charge in [-0.2, -0.15) is 0 Å². The van der Waals surface area contributed by atoms with Crippen LogP contribution in [0.15, 0.2) is 64.9 Å². The van der Waals surface area contributed by atoms with Crippen LogP contribution >= 0.6 is 11.3 Å². The number of nitrogens with zero attached hydrogens (tertiary/aromatic N) is 1. The molecule has 0 saturated carbocycles. The zero-order valence-electron chi connectivity index (χ0n) is 16.8. The van der Waals surface area contributed by atoms with Gasteiger partial charge in [0.15, 0.2) is 9.84 Å². The van der Waals surface area contributed by atoms with E-state index in [-0.39, 0.29) is 16.6 Å². The Bertz CT molecular complexity index is 1230. The monoisotopic (exact) mass is 481 g/mol. The Morgan fingerprint density at radius 2 is 1.72 bits per heavy atom. The molecule has 32 heavy (non-hydrogen) atoms. The van der Waals surface area contributed by atoms with Crippen molar-refractivity contribution in [2.45, 2.75) is 23.7 Å². The summed E-state index contributed by atoms with van der Waals surface area (Å²) in [5.41, 5.74) is 1.91. The first-order valence-electron chi connectivity index (χ1n) is 9.56. The lowest BCUT2D eigenvalue weighted by molar-refractivity contribution is -0.274. The Labute approximate surface area is 187 Å². The molecule has 1 aliphatic rings. The third kappa shape index (κ3) is 4.66. The molecule has 0 aliphatic carbocycles. The van der Waals surface area contributed by atoms with Gasteiger partial charge in [-0.3, -0.25) is 4.79 Å².